The van der Waals surface area contributed by atoms with Gasteiger partial charge in [0.2, 0.25) is 11.5 Å². The van der Waals surface area contributed by atoms with Gasteiger partial charge in [0.1, 0.15) is 11.6 Å². The molecule has 154 valence electrons. The maximum absolute atomic E-state index is 14.3. The second kappa shape index (κ2) is 9.27. The van der Waals surface area contributed by atoms with Crippen LogP contribution in [0.2, 0.25) is 0 Å². The predicted molar refractivity (Wildman–Crippen MR) is 102 cm³/mol. The fraction of sp³-hybridized carbons (Fsp3) is 0.118. The van der Waals surface area contributed by atoms with E-state index in [1.165, 1.54) is 6.07 Å². The van der Waals surface area contributed by atoms with Crippen molar-refractivity contribution in [2.24, 2.45) is 5.10 Å². The third kappa shape index (κ3) is 6.19. The van der Waals surface area contributed by atoms with Gasteiger partial charge in [-0.15, -0.1) is 24.9 Å². The van der Waals surface area contributed by atoms with Crippen LogP contribution in [-0.4, -0.2) is 35.2 Å². The number of nitrogens with one attached hydrogen (secondary N) is 1. The van der Waals surface area contributed by atoms with Gasteiger partial charge < -0.3 is 9.84 Å². The smallest absolute Gasteiger partial charge is 0.476 e. The highest BCUT2D eigenvalue weighted by Gasteiger charge is 2.31. The summed E-state index contributed by atoms with van der Waals surface area (Å²) in [6.07, 6.45) is -3.28. The summed E-state index contributed by atoms with van der Waals surface area (Å²) in [6.45, 7) is 0. The van der Waals surface area contributed by atoms with E-state index in [9.17, 15) is 32.3 Å². The van der Waals surface area contributed by atoms with E-state index >= 15 is 0 Å². The number of hydrogen-bond acceptors (Lipinski definition) is 6. The highest BCUT2D eigenvalue weighted by Crippen LogP contribution is 2.28. The quantitative estimate of drug-likeness (QED) is 0.141. The van der Waals surface area contributed by atoms with E-state index in [0.29, 0.717) is 4.47 Å². The Morgan fingerprint density at radius 2 is 1.83 bits per heavy atom. The number of carboxylic acids is 1. The number of anilines is 1. The molecule has 6 nitrogen and oxygen atoms in total. The number of nitrogens with zero attached hydrogens (tertiary/aromatic N) is 1. The molecule has 0 aromatic heterocycles. The fourth-order valence-corrected chi connectivity index (χ4v) is 3.32. The Morgan fingerprint density at radius 1 is 1.21 bits per heavy atom. The van der Waals surface area contributed by atoms with Crippen molar-refractivity contribution in [1.82, 2.24) is 0 Å². The molecule has 2 aromatic carbocycles. The van der Waals surface area contributed by atoms with Crippen LogP contribution in [0.15, 0.2) is 50.9 Å². The summed E-state index contributed by atoms with van der Waals surface area (Å²) in [5, 5.41) is 12.8. The van der Waals surface area contributed by atoms with Crippen molar-refractivity contribution in [3.05, 3.63) is 52.3 Å². The van der Waals surface area contributed by atoms with E-state index < -0.39 is 41.0 Å². The van der Waals surface area contributed by atoms with Crippen LogP contribution in [0, 0.1) is 5.82 Å². The largest absolute Gasteiger partial charge is 0.573 e. The average Bonchev–Trinajstić information content (AvgIpc) is 2.60. The van der Waals surface area contributed by atoms with Gasteiger partial charge >= 0.3 is 12.3 Å². The first kappa shape index (κ1) is 22.7. The van der Waals surface area contributed by atoms with Crippen LogP contribution < -0.4 is 10.2 Å². The molecule has 0 aliphatic carbocycles. The van der Waals surface area contributed by atoms with Crippen LogP contribution >= 0.6 is 27.7 Å². The minimum absolute atomic E-state index is 0.0763. The summed E-state index contributed by atoms with van der Waals surface area (Å²) in [7, 11) is 0. The standard InChI is InChI=1S/C17H11BrF4N2O4S/c1-29-12-7-8(18)6-11(19)13(12)15(25)14(16(26)27)24-23-9-2-4-10(5-3-9)28-17(20,21)22/h2-7,23H,1H3,(H,26,27)/b24-14+. The van der Waals surface area contributed by atoms with Crippen molar-refractivity contribution in [2.45, 2.75) is 11.3 Å². The van der Waals surface area contributed by atoms with E-state index in [0.717, 1.165) is 42.1 Å². The first-order valence-electron chi connectivity index (χ1n) is 7.52. The van der Waals surface area contributed by atoms with E-state index in [4.69, 9.17) is 0 Å². The number of carboxylic acid groups (broad SMARTS) is 1. The third-order valence-corrected chi connectivity index (χ3v) is 4.49. The van der Waals surface area contributed by atoms with Crippen molar-refractivity contribution in [1.29, 1.82) is 0 Å². The van der Waals surface area contributed by atoms with E-state index in [1.807, 2.05) is 0 Å². The highest BCUT2D eigenvalue weighted by atomic mass is 79.9. The number of benzene rings is 2. The third-order valence-electron chi connectivity index (χ3n) is 3.27. The summed E-state index contributed by atoms with van der Waals surface area (Å²) < 4.78 is 54.8. The normalized spacial score (nSPS) is 11.9. The van der Waals surface area contributed by atoms with Gasteiger partial charge in [-0.2, -0.15) is 5.10 Å². The number of Topliss-reactive ketones (excluding diaryl/α,β-unsaturated/α-hetero) is 1. The molecule has 0 saturated carbocycles. The maximum atomic E-state index is 14.3. The lowest BCUT2D eigenvalue weighted by Crippen LogP contribution is -2.26. The van der Waals surface area contributed by atoms with Gasteiger partial charge in [0.05, 0.1) is 11.3 Å². The molecule has 0 heterocycles. The number of carbonyl (C=O) groups is 2. The number of carbonyl (C=O) groups excluding carboxylic acids is 1. The van der Waals surface area contributed by atoms with Crippen LogP contribution in [0.1, 0.15) is 10.4 Å². The van der Waals surface area contributed by atoms with Gasteiger partial charge in [-0.3, -0.25) is 10.2 Å². The number of ether oxygens (including phenoxy) is 1. The summed E-state index contributed by atoms with van der Waals surface area (Å²) in [5.41, 5.74) is 0.859. The number of ketones is 1. The lowest BCUT2D eigenvalue weighted by atomic mass is 10.1. The Kier molecular flexibility index (Phi) is 7.25. The summed E-state index contributed by atoms with van der Waals surface area (Å²) in [6, 6.07) is 6.65. The second-order valence-corrected chi connectivity index (χ2v) is 7.01. The first-order chi connectivity index (χ1) is 13.5. The van der Waals surface area contributed by atoms with Gasteiger partial charge in [-0.1, -0.05) is 15.9 Å². The van der Waals surface area contributed by atoms with Crippen molar-refractivity contribution >= 4 is 50.8 Å². The molecule has 0 atom stereocenters. The van der Waals surface area contributed by atoms with E-state index in [1.54, 1.807) is 6.26 Å². The van der Waals surface area contributed by atoms with Crippen LogP contribution in [0.3, 0.4) is 0 Å². The topological polar surface area (TPSA) is 88.0 Å². The minimum atomic E-state index is -4.86. The number of thioether (sulfide) groups is 1. The molecule has 0 radical (unpaired) electrons. The van der Waals surface area contributed by atoms with Crippen molar-refractivity contribution in [3.8, 4) is 5.75 Å². The fourth-order valence-electron chi connectivity index (χ4n) is 2.10. The summed E-state index contributed by atoms with van der Waals surface area (Å²) in [4.78, 5) is 24.2. The molecule has 2 aromatic rings. The Morgan fingerprint density at radius 3 is 2.34 bits per heavy atom. The van der Waals surface area contributed by atoms with Crippen molar-refractivity contribution in [2.75, 3.05) is 11.7 Å². The highest BCUT2D eigenvalue weighted by molar-refractivity contribution is 9.10. The van der Waals surface area contributed by atoms with Gasteiger partial charge in [-0.05, 0) is 42.7 Å². The van der Waals surface area contributed by atoms with E-state index in [-0.39, 0.29) is 10.6 Å². The number of hydrazone groups is 1. The summed E-state index contributed by atoms with van der Waals surface area (Å²) in [5.74, 6) is -4.32. The van der Waals surface area contributed by atoms with Crippen LogP contribution in [0.4, 0.5) is 23.2 Å². The monoisotopic (exact) mass is 494 g/mol. The zero-order valence-electron chi connectivity index (χ0n) is 14.4. The van der Waals surface area contributed by atoms with Crippen LogP contribution in [-0.2, 0) is 4.79 Å². The number of halogens is 5. The number of aliphatic carboxylic acids is 1. The molecular formula is C17H11BrF4N2O4S. The molecular weight excluding hydrogens is 484 g/mol. The number of rotatable bonds is 7. The lowest BCUT2D eigenvalue weighted by molar-refractivity contribution is -0.274. The second-order valence-electron chi connectivity index (χ2n) is 5.24. The van der Waals surface area contributed by atoms with Crippen LogP contribution in [0.25, 0.3) is 0 Å². The first-order valence-corrected chi connectivity index (χ1v) is 9.54. The Balaban J connectivity index is 2.29. The molecule has 12 heteroatoms. The van der Waals surface area contributed by atoms with Crippen LogP contribution in [0.5, 0.6) is 5.75 Å². The molecule has 0 unspecified atom stereocenters. The predicted octanol–water partition coefficient (Wildman–Crippen LogP) is 4.94. The molecule has 2 N–H and O–H groups in total. The van der Waals surface area contributed by atoms with Gasteiger partial charge in [0.25, 0.3) is 0 Å². The molecule has 0 bridgehead atoms. The molecule has 0 spiro atoms. The van der Waals surface area contributed by atoms with Crippen molar-refractivity contribution < 1.29 is 37.0 Å². The molecule has 2 rings (SSSR count). The molecule has 0 aliphatic rings. The van der Waals surface area contributed by atoms with E-state index in [2.05, 4.69) is 31.2 Å². The van der Waals surface area contributed by atoms with Gasteiger partial charge in [-0.25, -0.2) is 9.18 Å². The van der Waals surface area contributed by atoms with Crippen molar-refractivity contribution in [3.63, 3.8) is 0 Å². The molecule has 0 fully saturated rings. The number of alkyl halides is 3. The van der Waals surface area contributed by atoms with Gasteiger partial charge in [0.15, 0.2) is 0 Å². The average molecular weight is 495 g/mol. The Hall–Kier alpha value is -2.60. The maximum Gasteiger partial charge on any atom is 0.573 e. The molecule has 0 saturated heterocycles. The van der Waals surface area contributed by atoms with Gasteiger partial charge in [0, 0.05) is 9.37 Å². The zero-order valence-corrected chi connectivity index (χ0v) is 16.8. The Bertz CT molecular complexity index is 965. The molecule has 29 heavy (non-hydrogen) atoms. The Labute approximate surface area is 174 Å². The lowest BCUT2D eigenvalue weighted by Gasteiger charge is -2.10. The SMILES string of the molecule is CSc1cc(Br)cc(F)c1C(=O)/C(=N\Nc1ccc(OC(F)(F)F)cc1)C(=O)O. The summed E-state index contributed by atoms with van der Waals surface area (Å²) >= 11 is 4.12. The molecule has 0 aliphatic heterocycles. The minimum Gasteiger partial charge on any atom is -0.476 e. The number of hydrogen-bond donors (Lipinski definition) is 2. The molecule has 0 amide bonds. The zero-order chi connectivity index (χ0) is 21.8.